The standard InChI is InChI=1S/C26H19N5O7S2.2Na/c27-24-20(30-28-16-9-2-1-3-10-16)14-21(39(33,34)35)18-13-22(40(36,37)38)25(26(32)23(18)24)31-29-19-12-6-8-15-7-4-5-11-17(15)19;;/h1-14,32H,27H2,(H,33,34,35)(H,36,37,38);;/q;2*+1/p-2. The molecule has 12 nitrogen and oxygen atoms in total. The van der Waals surface area contributed by atoms with Crippen LogP contribution in [0.1, 0.15) is 0 Å². The second-order valence-corrected chi connectivity index (χ2v) is 11.2. The summed E-state index contributed by atoms with van der Waals surface area (Å²) < 4.78 is 70.9. The number of hydrogen-bond acceptors (Lipinski definition) is 11. The molecule has 0 aliphatic carbocycles. The smallest absolute Gasteiger partial charge is 0.870 e. The number of nitrogens with two attached hydrogens (primary N) is 1. The van der Waals surface area contributed by atoms with E-state index in [-0.39, 0.29) is 70.5 Å². The zero-order valence-electron chi connectivity index (χ0n) is 22.2. The van der Waals surface area contributed by atoms with Crippen molar-refractivity contribution in [2.24, 2.45) is 20.5 Å². The van der Waals surface area contributed by atoms with Crippen molar-refractivity contribution in [3.63, 3.8) is 0 Å². The molecule has 0 bridgehead atoms. The van der Waals surface area contributed by atoms with Crippen molar-refractivity contribution in [3.05, 3.63) is 84.9 Å². The van der Waals surface area contributed by atoms with E-state index in [0.29, 0.717) is 17.1 Å². The minimum absolute atomic E-state index is 0. The van der Waals surface area contributed by atoms with Gasteiger partial charge in [0.1, 0.15) is 20.7 Å². The van der Waals surface area contributed by atoms with Crippen molar-refractivity contribution in [3.8, 4) is 5.75 Å². The topological polar surface area (TPSA) is 210 Å². The summed E-state index contributed by atoms with van der Waals surface area (Å²) in [6, 6.07) is 21.8. The van der Waals surface area contributed by atoms with E-state index in [0.717, 1.165) is 11.5 Å². The molecule has 0 aliphatic rings. The van der Waals surface area contributed by atoms with E-state index in [1.165, 1.54) is 0 Å². The monoisotopic (exact) mass is 621 g/mol. The van der Waals surface area contributed by atoms with Crippen molar-refractivity contribution < 1.29 is 90.2 Å². The predicted molar refractivity (Wildman–Crippen MR) is 144 cm³/mol. The van der Waals surface area contributed by atoms with Gasteiger partial charge in [0.2, 0.25) is 0 Å². The second kappa shape index (κ2) is 13.3. The van der Waals surface area contributed by atoms with Gasteiger partial charge in [0.15, 0.2) is 0 Å². The average Bonchev–Trinajstić information content (AvgIpc) is 2.91. The van der Waals surface area contributed by atoms with Gasteiger partial charge in [-0.1, -0.05) is 60.3 Å². The van der Waals surface area contributed by atoms with Gasteiger partial charge >= 0.3 is 59.1 Å². The number of nitrogens with zero attached hydrogens (tertiary/aromatic N) is 4. The van der Waals surface area contributed by atoms with Crippen LogP contribution in [0.5, 0.6) is 5.75 Å². The van der Waals surface area contributed by atoms with Crippen LogP contribution >= 0.6 is 0 Å². The molecule has 0 atom stereocenters. The van der Waals surface area contributed by atoms with Gasteiger partial charge in [-0.15, -0.1) is 15.3 Å². The average molecular weight is 622 g/mol. The summed E-state index contributed by atoms with van der Waals surface area (Å²) in [7, 11) is -10.5. The number of benzene rings is 5. The molecule has 0 saturated carbocycles. The van der Waals surface area contributed by atoms with E-state index in [4.69, 9.17) is 5.73 Å². The molecule has 5 rings (SSSR count). The Morgan fingerprint density at radius 1 is 0.690 bits per heavy atom. The van der Waals surface area contributed by atoms with Gasteiger partial charge in [0.25, 0.3) is 10.1 Å². The van der Waals surface area contributed by atoms with Gasteiger partial charge in [0, 0.05) is 16.2 Å². The summed E-state index contributed by atoms with van der Waals surface area (Å²) in [5.41, 5.74) is 5.24. The molecule has 5 aromatic carbocycles. The van der Waals surface area contributed by atoms with Crippen molar-refractivity contribution in [2.45, 2.75) is 9.79 Å². The maximum Gasteiger partial charge on any atom is 1.00 e. The quantitative estimate of drug-likeness (QED) is 0.110. The molecule has 42 heavy (non-hydrogen) atoms. The SMILES string of the molecule is Nc1c(N=Nc2ccccc2)cc(S(=O)(=O)[O-])c2cc(S(=O)(=O)O)c(N=Nc3cccc4ccccc34)c([O-])c12.[Na+].[Na+]. The number of hydrogen-bond donors (Lipinski definition) is 2. The molecule has 0 aromatic heterocycles. The Morgan fingerprint density at radius 2 is 1.31 bits per heavy atom. The van der Waals surface area contributed by atoms with Crippen LogP contribution in [0, 0.1) is 0 Å². The van der Waals surface area contributed by atoms with Gasteiger partial charge in [-0.05, 0) is 35.7 Å². The summed E-state index contributed by atoms with van der Waals surface area (Å²) in [4.78, 5) is -2.05. The Balaban J connectivity index is 0.00000242. The summed E-state index contributed by atoms with van der Waals surface area (Å²) >= 11 is 0. The number of fused-ring (bicyclic) bond motifs is 2. The molecule has 5 aromatic rings. The Bertz CT molecular complexity index is 2090. The molecular formula is C26H17N5Na2O7S2. The molecular weight excluding hydrogens is 604 g/mol. The van der Waals surface area contributed by atoms with Crippen molar-refractivity contribution in [1.82, 2.24) is 0 Å². The molecule has 0 heterocycles. The maximum absolute atomic E-state index is 13.6. The predicted octanol–water partition coefficient (Wildman–Crippen LogP) is -0.362. The molecule has 0 radical (unpaired) electrons. The zero-order chi connectivity index (χ0) is 28.7. The molecule has 0 spiro atoms. The van der Waals surface area contributed by atoms with E-state index in [1.807, 2.05) is 12.1 Å². The first-order valence-electron chi connectivity index (χ1n) is 11.3. The van der Waals surface area contributed by atoms with Gasteiger partial charge in [-0.3, -0.25) is 4.55 Å². The molecule has 3 N–H and O–H groups in total. The van der Waals surface area contributed by atoms with Crippen LogP contribution in [0.2, 0.25) is 0 Å². The summed E-state index contributed by atoms with van der Waals surface area (Å²) in [6.45, 7) is 0. The summed E-state index contributed by atoms with van der Waals surface area (Å²) in [5.74, 6) is -1.20. The van der Waals surface area contributed by atoms with Crippen LogP contribution in [0.15, 0.2) is 115 Å². The van der Waals surface area contributed by atoms with Crippen molar-refractivity contribution in [1.29, 1.82) is 0 Å². The minimum atomic E-state index is -5.30. The first-order chi connectivity index (χ1) is 18.9. The molecule has 16 heteroatoms. The van der Waals surface area contributed by atoms with Crippen molar-refractivity contribution in [2.75, 3.05) is 5.73 Å². The van der Waals surface area contributed by atoms with Gasteiger partial charge in [-0.25, -0.2) is 8.42 Å². The number of rotatable bonds is 6. The first-order valence-corrected chi connectivity index (χ1v) is 14.2. The Hall–Kier alpha value is -2.76. The third kappa shape index (κ3) is 6.89. The fourth-order valence-electron chi connectivity index (χ4n) is 4.08. The summed E-state index contributed by atoms with van der Waals surface area (Å²) in [5, 5.41) is 29.6. The maximum atomic E-state index is 13.6. The van der Waals surface area contributed by atoms with Crippen LogP contribution < -0.4 is 70.0 Å². The minimum Gasteiger partial charge on any atom is -0.870 e. The fourth-order valence-corrected chi connectivity index (χ4v) is 5.41. The van der Waals surface area contributed by atoms with Crippen LogP contribution in [-0.4, -0.2) is 25.9 Å². The normalized spacial score (nSPS) is 12.0. The number of nitrogen functional groups attached to an aromatic ring is 1. The molecule has 0 saturated heterocycles. The first kappa shape index (κ1) is 33.7. The molecule has 202 valence electrons. The molecule has 0 aliphatic heterocycles. The van der Waals surface area contributed by atoms with Crippen molar-refractivity contribution >= 4 is 70.2 Å². The van der Waals surface area contributed by atoms with E-state index in [2.05, 4.69) is 20.5 Å². The van der Waals surface area contributed by atoms with Gasteiger partial charge < -0.3 is 15.4 Å². The van der Waals surface area contributed by atoms with Gasteiger partial charge in [0.05, 0.1) is 27.6 Å². The zero-order valence-corrected chi connectivity index (χ0v) is 27.8. The fraction of sp³-hybridized carbons (Fsp3) is 0. The van der Waals surface area contributed by atoms with E-state index in [9.17, 15) is 31.0 Å². The molecule has 0 fully saturated rings. The van der Waals surface area contributed by atoms with Gasteiger partial charge in [-0.2, -0.15) is 13.5 Å². The van der Waals surface area contributed by atoms with Crippen LogP contribution in [0.4, 0.5) is 28.4 Å². The molecule has 0 amide bonds. The van der Waals surface area contributed by atoms with E-state index in [1.54, 1.807) is 60.7 Å². The van der Waals surface area contributed by atoms with E-state index < -0.39 is 57.9 Å². The van der Waals surface area contributed by atoms with E-state index >= 15 is 0 Å². The third-order valence-electron chi connectivity index (χ3n) is 5.90. The third-order valence-corrected chi connectivity index (χ3v) is 7.64. The molecule has 0 unspecified atom stereocenters. The Morgan fingerprint density at radius 3 is 1.98 bits per heavy atom. The summed E-state index contributed by atoms with van der Waals surface area (Å²) in [6.07, 6.45) is 0. The second-order valence-electron chi connectivity index (χ2n) is 8.45. The van der Waals surface area contributed by atoms with Crippen LogP contribution in [0.3, 0.4) is 0 Å². The Labute approximate surface area is 284 Å². The Kier molecular flexibility index (Phi) is 10.7. The largest absolute Gasteiger partial charge is 1.00 e. The number of anilines is 1. The number of azo groups is 2. The van der Waals surface area contributed by atoms with Crippen LogP contribution in [-0.2, 0) is 20.2 Å². The van der Waals surface area contributed by atoms with Crippen LogP contribution in [0.25, 0.3) is 21.5 Å².